The summed E-state index contributed by atoms with van der Waals surface area (Å²) >= 11 is 12.0. The van der Waals surface area contributed by atoms with Crippen LogP contribution < -0.4 is 32.3 Å². The first kappa shape index (κ1) is 28.1. The van der Waals surface area contributed by atoms with Crippen molar-refractivity contribution >= 4 is 70.3 Å². The van der Waals surface area contributed by atoms with Gasteiger partial charge in [0.15, 0.2) is 0 Å². The highest BCUT2D eigenvalue weighted by Crippen LogP contribution is 2.18. The quantitative estimate of drug-likeness (QED) is 0.0831. The van der Waals surface area contributed by atoms with Crippen molar-refractivity contribution in [1.82, 2.24) is 40.8 Å². The van der Waals surface area contributed by atoms with Crippen molar-refractivity contribution in [3.8, 4) is 0 Å². The van der Waals surface area contributed by atoms with Crippen LogP contribution in [-0.4, -0.2) is 65.1 Å². The molecule has 206 valence electrons. The van der Waals surface area contributed by atoms with E-state index in [1.807, 2.05) is 0 Å². The second-order valence-electron chi connectivity index (χ2n) is 7.63. The summed E-state index contributed by atoms with van der Waals surface area (Å²) in [5.41, 5.74) is 12.5. The number of benzene rings is 2. The van der Waals surface area contributed by atoms with Crippen LogP contribution >= 0.6 is 23.2 Å². The lowest BCUT2D eigenvalue weighted by molar-refractivity contribution is 0.0686. The summed E-state index contributed by atoms with van der Waals surface area (Å²) in [6.07, 6.45) is 0. The molecule has 0 atom stereocenters. The number of aromatic nitrogens is 6. The van der Waals surface area contributed by atoms with E-state index in [2.05, 4.69) is 62.2 Å². The molecule has 0 aliphatic rings. The van der Waals surface area contributed by atoms with Crippen molar-refractivity contribution in [1.29, 1.82) is 0 Å². The molecule has 0 aliphatic heterocycles. The van der Waals surface area contributed by atoms with Crippen LogP contribution in [0.15, 0.2) is 48.5 Å². The maximum absolute atomic E-state index is 11.2. The molecule has 4 rings (SSSR count). The third-order valence-corrected chi connectivity index (χ3v) is 5.06. The Labute approximate surface area is 235 Å². The lowest BCUT2D eigenvalue weighted by atomic mass is 10.2. The molecule has 40 heavy (non-hydrogen) atoms. The fraction of sp³-hybridized carbons (Fsp3) is 0.0909. The predicted molar refractivity (Wildman–Crippen MR) is 146 cm³/mol. The molecule has 0 spiro atoms. The zero-order valence-corrected chi connectivity index (χ0v) is 21.7. The minimum atomic E-state index is -1.06. The van der Waals surface area contributed by atoms with E-state index in [9.17, 15) is 9.59 Å². The maximum atomic E-state index is 11.2. The van der Waals surface area contributed by atoms with Crippen molar-refractivity contribution in [3.05, 3.63) is 70.2 Å². The van der Waals surface area contributed by atoms with Gasteiger partial charge < -0.3 is 20.8 Å². The summed E-state index contributed by atoms with van der Waals surface area (Å²) in [7, 11) is 0. The Hall–Kier alpha value is -4.90. The second kappa shape index (κ2) is 13.3. The van der Waals surface area contributed by atoms with Gasteiger partial charge in [-0.25, -0.2) is 20.4 Å². The van der Waals surface area contributed by atoms with Gasteiger partial charge in [-0.2, -0.15) is 29.9 Å². The first-order valence-electron chi connectivity index (χ1n) is 11.3. The number of carboxylic acids is 2. The average Bonchev–Trinajstić information content (AvgIpc) is 2.90. The number of nitrogens with one attached hydrogen (secondary N) is 6. The van der Waals surface area contributed by atoms with Crippen LogP contribution in [0.25, 0.3) is 0 Å². The summed E-state index contributed by atoms with van der Waals surface area (Å²) in [5, 5.41) is 23.9. The number of aromatic carboxylic acids is 2. The van der Waals surface area contributed by atoms with Crippen molar-refractivity contribution < 1.29 is 19.8 Å². The number of nitrogens with zero attached hydrogens (tertiary/aromatic N) is 6. The molecule has 2 aromatic heterocycles. The topological polar surface area (TPSA) is 224 Å². The van der Waals surface area contributed by atoms with Gasteiger partial charge in [-0.3, -0.25) is 10.9 Å². The molecule has 0 fully saturated rings. The first-order chi connectivity index (χ1) is 19.2. The van der Waals surface area contributed by atoms with E-state index in [-0.39, 0.29) is 45.5 Å². The molecule has 0 amide bonds. The third kappa shape index (κ3) is 8.30. The number of anilines is 6. The minimum Gasteiger partial charge on any atom is -0.478 e. The van der Waals surface area contributed by atoms with Gasteiger partial charge in [-0.1, -0.05) is 12.1 Å². The molecule has 2 heterocycles. The number of halogens is 2. The Bertz CT molecular complexity index is 1410. The fourth-order valence-electron chi connectivity index (χ4n) is 3.05. The normalized spacial score (nSPS) is 10.6. The second-order valence-corrected chi connectivity index (χ2v) is 8.30. The maximum Gasteiger partial charge on any atom is 0.335 e. The van der Waals surface area contributed by atoms with E-state index >= 15 is 0 Å². The smallest absolute Gasteiger partial charge is 0.335 e. The van der Waals surface area contributed by atoms with E-state index in [0.717, 1.165) is 0 Å². The van der Waals surface area contributed by atoms with Gasteiger partial charge in [0.1, 0.15) is 0 Å². The Morgan fingerprint density at radius 1 is 0.625 bits per heavy atom. The summed E-state index contributed by atoms with van der Waals surface area (Å²) < 4.78 is 0. The molecule has 0 saturated heterocycles. The molecule has 8 N–H and O–H groups in total. The molecule has 16 nitrogen and oxygen atoms in total. The highest BCUT2D eigenvalue weighted by molar-refractivity contribution is 6.28. The number of rotatable bonds is 13. The van der Waals surface area contributed by atoms with E-state index in [1.165, 1.54) is 24.3 Å². The van der Waals surface area contributed by atoms with Crippen LogP contribution in [0, 0.1) is 0 Å². The van der Waals surface area contributed by atoms with E-state index in [0.29, 0.717) is 24.5 Å². The SMILES string of the molecule is O=C(O)c1cccc(Nc2nc(Cl)nc(NNCCNNc3nc(Cl)nc(Nc4cccc(C(=O)O)c4)n3)n2)c1. The molecular weight excluding hydrogens is 567 g/mol. The zero-order chi connectivity index (χ0) is 28.5. The summed E-state index contributed by atoms with van der Waals surface area (Å²) in [5.74, 6) is -1.67. The Morgan fingerprint density at radius 2 is 1.02 bits per heavy atom. The number of carboxylic acid groups (broad SMARTS) is 2. The standard InChI is InChI=1S/C22H20Cl2N12O4/c23-17-29-19(27-13-5-1-3-11(9-13)15(37)38)33-21(31-17)35-25-7-8-26-36-22-32-18(24)30-20(34-22)28-14-6-2-4-12(10-14)16(39)40/h1-6,9-10,25-26H,7-8H2,(H,37,38)(H,39,40)(H2,27,29,31,33,35)(H2,28,30,32,34,36). The fourth-order valence-corrected chi connectivity index (χ4v) is 3.37. The molecule has 0 aliphatic carbocycles. The number of hydrogen-bond donors (Lipinski definition) is 8. The molecule has 0 bridgehead atoms. The number of hydrogen-bond acceptors (Lipinski definition) is 14. The lowest BCUT2D eigenvalue weighted by Gasteiger charge is -2.11. The average molecular weight is 587 g/mol. The van der Waals surface area contributed by atoms with Gasteiger partial charge in [-0.15, -0.1) is 0 Å². The van der Waals surface area contributed by atoms with Crippen LogP contribution in [0.4, 0.5) is 35.2 Å². The Balaban J connectivity index is 1.25. The monoisotopic (exact) mass is 586 g/mol. The van der Waals surface area contributed by atoms with Gasteiger partial charge in [0.05, 0.1) is 11.1 Å². The lowest BCUT2D eigenvalue weighted by Crippen LogP contribution is -2.34. The Kier molecular flexibility index (Phi) is 9.31. The number of carbonyl (C=O) groups is 2. The van der Waals surface area contributed by atoms with Gasteiger partial charge >= 0.3 is 11.9 Å². The minimum absolute atomic E-state index is 0.0817. The van der Waals surface area contributed by atoms with Crippen molar-refractivity contribution in [2.24, 2.45) is 0 Å². The molecular formula is C22H20Cl2N12O4. The molecule has 0 saturated carbocycles. The van der Waals surface area contributed by atoms with Crippen molar-refractivity contribution in [3.63, 3.8) is 0 Å². The van der Waals surface area contributed by atoms with Crippen LogP contribution in [-0.2, 0) is 0 Å². The van der Waals surface area contributed by atoms with Crippen molar-refractivity contribution in [2.45, 2.75) is 0 Å². The highest BCUT2D eigenvalue weighted by Gasteiger charge is 2.09. The molecule has 4 aromatic rings. The molecule has 0 radical (unpaired) electrons. The van der Waals surface area contributed by atoms with Gasteiger partial charge in [0.2, 0.25) is 34.4 Å². The molecule has 2 aromatic carbocycles. The Morgan fingerprint density at radius 3 is 1.43 bits per heavy atom. The number of hydrazine groups is 2. The third-order valence-electron chi connectivity index (χ3n) is 4.72. The first-order valence-corrected chi connectivity index (χ1v) is 12.0. The van der Waals surface area contributed by atoms with Crippen molar-refractivity contribution in [2.75, 3.05) is 34.6 Å². The highest BCUT2D eigenvalue weighted by atomic mass is 35.5. The summed E-state index contributed by atoms with van der Waals surface area (Å²) in [6, 6.07) is 12.3. The van der Waals surface area contributed by atoms with Crippen LogP contribution in [0.3, 0.4) is 0 Å². The van der Waals surface area contributed by atoms with Gasteiger partial charge in [0, 0.05) is 24.5 Å². The zero-order valence-electron chi connectivity index (χ0n) is 20.2. The van der Waals surface area contributed by atoms with E-state index in [4.69, 9.17) is 33.4 Å². The summed E-state index contributed by atoms with van der Waals surface area (Å²) in [6.45, 7) is 0.733. The molecule has 0 unspecified atom stereocenters. The van der Waals surface area contributed by atoms with Gasteiger partial charge in [-0.05, 0) is 59.6 Å². The molecule has 18 heteroatoms. The predicted octanol–water partition coefficient (Wildman–Crippen LogP) is 2.78. The van der Waals surface area contributed by atoms with Crippen LogP contribution in [0.5, 0.6) is 0 Å². The van der Waals surface area contributed by atoms with Crippen LogP contribution in [0.2, 0.25) is 10.6 Å². The largest absolute Gasteiger partial charge is 0.478 e. The van der Waals surface area contributed by atoms with Gasteiger partial charge in [0.25, 0.3) is 0 Å². The van der Waals surface area contributed by atoms with Crippen LogP contribution in [0.1, 0.15) is 20.7 Å². The summed E-state index contributed by atoms with van der Waals surface area (Å²) in [4.78, 5) is 46.6. The van der Waals surface area contributed by atoms with E-state index in [1.54, 1.807) is 24.3 Å². The van der Waals surface area contributed by atoms with E-state index < -0.39 is 11.9 Å².